The van der Waals surface area contributed by atoms with Gasteiger partial charge in [-0.1, -0.05) is 36.8 Å². The molecule has 1 heterocycles. The van der Waals surface area contributed by atoms with Crippen molar-refractivity contribution < 1.29 is 0 Å². The van der Waals surface area contributed by atoms with E-state index in [1.165, 1.54) is 43.4 Å². The van der Waals surface area contributed by atoms with E-state index >= 15 is 0 Å². The van der Waals surface area contributed by atoms with Crippen LogP contribution >= 0.6 is 0 Å². The minimum absolute atomic E-state index is 0.632. The van der Waals surface area contributed by atoms with Crippen molar-refractivity contribution in [1.29, 1.82) is 0 Å². The Morgan fingerprint density at radius 3 is 2.73 bits per heavy atom. The molecule has 2 bridgehead atoms. The van der Waals surface area contributed by atoms with Crippen LogP contribution in [0.3, 0.4) is 0 Å². The van der Waals surface area contributed by atoms with Crippen LogP contribution in [0.25, 0.3) is 0 Å². The maximum atomic E-state index is 4.89. The van der Waals surface area contributed by atoms with Crippen molar-refractivity contribution in [3.8, 4) is 0 Å². The van der Waals surface area contributed by atoms with Crippen LogP contribution in [0.5, 0.6) is 0 Å². The third-order valence-corrected chi connectivity index (χ3v) is 3.68. The van der Waals surface area contributed by atoms with Gasteiger partial charge in [0.05, 0.1) is 6.04 Å². The SMILES string of the molecule is c1ccc(C2=N[C@@H]3CCC[C@H](C2)C3)cc1. The van der Waals surface area contributed by atoms with Gasteiger partial charge in [0, 0.05) is 5.71 Å². The Morgan fingerprint density at radius 1 is 1.07 bits per heavy atom. The Hall–Kier alpha value is -1.11. The number of hydrogen-bond donors (Lipinski definition) is 0. The molecule has 0 spiro atoms. The van der Waals surface area contributed by atoms with Crippen molar-refractivity contribution in [1.82, 2.24) is 0 Å². The number of fused-ring (bicyclic) bond motifs is 2. The van der Waals surface area contributed by atoms with Crippen molar-refractivity contribution in [3.63, 3.8) is 0 Å². The van der Waals surface area contributed by atoms with Gasteiger partial charge in [-0.2, -0.15) is 0 Å². The first-order chi connectivity index (χ1) is 7.42. The molecular weight excluding hydrogens is 182 g/mol. The maximum absolute atomic E-state index is 4.89. The minimum Gasteiger partial charge on any atom is -0.286 e. The molecule has 1 aromatic rings. The zero-order chi connectivity index (χ0) is 10.1. The van der Waals surface area contributed by atoms with Gasteiger partial charge in [-0.05, 0) is 37.2 Å². The van der Waals surface area contributed by atoms with Crippen molar-refractivity contribution in [2.45, 2.75) is 38.1 Å². The van der Waals surface area contributed by atoms with E-state index in [-0.39, 0.29) is 0 Å². The van der Waals surface area contributed by atoms with Crippen molar-refractivity contribution in [2.75, 3.05) is 0 Å². The molecule has 0 radical (unpaired) electrons. The van der Waals surface area contributed by atoms with Crippen molar-refractivity contribution in [2.24, 2.45) is 10.9 Å². The largest absolute Gasteiger partial charge is 0.286 e. The molecule has 78 valence electrons. The second kappa shape index (κ2) is 3.80. The van der Waals surface area contributed by atoms with Crippen LogP contribution in [-0.2, 0) is 0 Å². The number of rotatable bonds is 1. The number of nitrogens with zero attached hydrogens (tertiary/aromatic N) is 1. The average Bonchev–Trinajstić information content (AvgIpc) is 2.30. The second-order valence-electron chi connectivity index (χ2n) is 4.83. The Labute approximate surface area is 91.2 Å². The summed E-state index contributed by atoms with van der Waals surface area (Å²) in [5, 5.41) is 0. The second-order valence-corrected chi connectivity index (χ2v) is 4.83. The highest BCUT2D eigenvalue weighted by atomic mass is 14.8. The van der Waals surface area contributed by atoms with Gasteiger partial charge in [-0.25, -0.2) is 0 Å². The highest BCUT2D eigenvalue weighted by molar-refractivity contribution is 6.01. The van der Waals surface area contributed by atoms with Gasteiger partial charge < -0.3 is 0 Å². The summed E-state index contributed by atoms with van der Waals surface area (Å²) in [6, 6.07) is 11.3. The highest BCUT2D eigenvalue weighted by Gasteiger charge is 2.27. The highest BCUT2D eigenvalue weighted by Crippen LogP contribution is 2.34. The molecule has 1 aromatic carbocycles. The van der Waals surface area contributed by atoms with Crippen LogP contribution in [-0.4, -0.2) is 11.8 Å². The fraction of sp³-hybridized carbons (Fsp3) is 0.500. The zero-order valence-corrected chi connectivity index (χ0v) is 9.02. The van der Waals surface area contributed by atoms with Crippen LogP contribution in [0.15, 0.2) is 35.3 Å². The van der Waals surface area contributed by atoms with E-state index < -0.39 is 0 Å². The Morgan fingerprint density at radius 2 is 1.93 bits per heavy atom. The summed E-state index contributed by atoms with van der Waals surface area (Å²) in [6.07, 6.45) is 6.67. The zero-order valence-electron chi connectivity index (χ0n) is 9.02. The molecule has 1 saturated carbocycles. The van der Waals surface area contributed by atoms with E-state index in [0.29, 0.717) is 6.04 Å². The molecule has 2 aliphatic rings. The predicted octanol–water partition coefficient (Wildman–Crippen LogP) is 3.44. The van der Waals surface area contributed by atoms with Gasteiger partial charge in [-0.3, -0.25) is 4.99 Å². The molecule has 0 amide bonds. The Balaban J connectivity index is 1.91. The number of hydrogen-bond acceptors (Lipinski definition) is 1. The molecule has 0 N–H and O–H groups in total. The summed E-state index contributed by atoms with van der Waals surface area (Å²) in [4.78, 5) is 4.89. The maximum Gasteiger partial charge on any atom is 0.0505 e. The normalized spacial score (nSPS) is 29.7. The molecule has 2 atom stereocenters. The van der Waals surface area contributed by atoms with E-state index in [0.717, 1.165) is 5.92 Å². The van der Waals surface area contributed by atoms with E-state index in [9.17, 15) is 0 Å². The smallest absolute Gasteiger partial charge is 0.0505 e. The Bertz CT molecular complexity index is 366. The fourth-order valence-corrected chi connectivity index (χ4v) is 2.93. The summed E-state index contributed by atoms with van der Waals surface area (Å²) >= 11 is 0. The number of aliphatic imine (C=N–C) groups is 1. The molecule has 1 fully saturated rings. The lowest BCUT2D eigenvalue weighted by atomic mass is 9.79. The van der Waals surface area contributed by atoms with Crippen LogP contribution in [0.2, 0.25) is 0 Å². The van der Waals surface area contributed by atoms with Gasteiger partial charge in [-0.15, -0.1) is 0 Å². The van der Waals surface area contributed by atoms with Crippen LogP contribution < -0.4 is 0 Å². The van der Waals surface area contributed by atoms with Gasteiger partial charge in [0.2, 0.25) is 0 Å². The molecule has 3 rings (SSSR count). The third-order valence-electron chi connectivity index (χ3n) is 3.68. The van der Waals surface area contributed by atoms with Crippen LogP contribution in [0, 0.1) is 5.92 Å². The lowest BCUT2D eigenvalue weighted by molar-refractivity contribution is 0.316. The standard InChI is InChI=1S/C14H17N/c1-2-6-12(7-3-1)14-10-11-5-4-8-13(9-11)15-14/h1-3,6-7,11,13H,4-5,8-10H2/t11-,13+/m0/s1. The topological polar surface area (TPSA) is 12.4 Å². The molecule has 1 nitrogen and oxygen atoms in total. The minimum atomic E-state index is 0.632. The Kier molecular flexibility index (Phi) is 2.32. The molecular formula is C14H17N. The molecule has 1 aliphatic heterocycles. The number of benzene rings is 1. The fourth-order valence-electron chi connectivity index (χ4n) is 2.93. The lowest BCUT2D eigenvalue weighted by Crippen LogP contribution is -2.27. The monoisotopic (exact) mass is 199 g/mol. The molecule has 0 saturated heterocycles. The quantitative estimate of drug-likeness (QED) is 0.657. The summed E-state index contributed by atoms with van der Waals surface area (Å²) < 4.78 is 0. The molecule has 0 aromatic heterocycles. The first kappa shape index (κ1) is 9.14. The van der Waals surface area contributed by atoms with Crippen molar-refractivity contribution >= 4 is 5.71 Å². The molecule has 1 aliphatic carbocycles. The predicted molar refractivity (Wildman–Crippen MR) is 63.3 cm³/mol. The summed E-state index contributed by atoms with van der Waals surface area (Å²) in [5.74, 6) is 0.913. The molecule has 1 heteroatoms. The molecule has 0 unspecified atom stereocenters. The van der Waals surface area contributed by atoms with Crippen LogP contribution in [0.4, 0.5) is 0 Å². The van der Waals surface area contributed by atoms with E-state index in [4.69, 9.17) is 4.99 Å². The molecule has 15 heavy (non-hydrogen) atoms. The third kappa shape index (κ3) is 1.83. The van der Waals surface area contributed by atoms with Crippen molar-refractivity contribution in [3.05, 3.63) is 35.9 Å². The van der Waals surface area contributed by atoms with Gasteiger partial charge >= 0.3 is 0 Å². The first-order valence-electron chi connectivity index (χ1n) is 6.04. The summed E-state index contributed by atoms with van der Waals surface area (Å²) in [7, 11) is 0. The van der Waals surface area contributed by atoms with Gasteiger partial charge in [0.25, 0.3) is 0 Å². The van der Waals surface area contributed by atoms with Crippen LogP contribution in [0.1, 0.15) is 37.7 Å². The van der Waals surface area contributed by atoms with E-state index in [1.54, 1.807) is 0 Å². The van der Waals surface area contributed by atoms with E-state index in [2.05, 4.69) is 30.3 Å². The average molecular weight is 199 g/mol. The summed E-state index contributed by atoms with van der Waals surface area (Å²) in [6.45, 7) is 0. The lowest BCUT2D eigenvalue weighted by Gasteiger charge is -2.32. The van der Waals surface area contributed by atoms with E-state index in [1.807, 2.05) is 0 Å². The van der Waals surface area contributed by atoms with Gasteiger partial charge in [0.1, 0.15) is 0 Å². The first-order valence-corrected chi connectivity index (χ1v) is 6.04. The van der Waals surface area contributed by atoms with Gasteiger partial charge in [0.15, 0.2) is 0 Å². The summed E-state index contributed by atoms with van der Waals surface area (Å²) in [5.41, 5.74) is 2.70.